The van der Waals surface area contributed by atoms with Crippen LogP contribution >= 0.6 is 0 Å². The Morgan fingerprint density at radius 3 is 2.31 bits per heavy atom. The zero-order chi connectivity index (χ0) is 9.42. The number of hydrogen-bond donors (Lipinski definition) is 2. The average molecular weight is 172 g/mol. The van der Waals surface area contributed by atoms with Crippen molar-refractivity contribution in [3.8, 4) is 0 Å². The molecular weight excluding hydrogens is 160 g/mol. The van der Waals surface area contributed by atoms with E-state index in [2.05, 4.69) is 6.92 Å². The third-order valence-electron chi connectivity index (χ3n) is 2.32. The molecule has 0 saturated carbocycles. The highest BCUT2D eigenvalue weighted by atomic mass is 14.6. The van der Waals surface area contributed by atoms with Crippen molar-refractivity contribution in [2.45, 2.75) is 6.92 Å². The van der Waals surface area contributed by atoms with Gasteiger partial charge in [0.15, 0.2) is 0 Å². The van der Waals surface area contributed by atoms with Gasteiger partial charge in [0.25, 0.3) is 0 Å². The highest BCUT2D eigenvalue weighted by molar-refractivity contribution is 6.03. The lowest BCUT2D eigenvalue weighted by Gasteiger charge is -2.07. The molecule has 0 heterocycles. The van der Waals surface area contributed by atoms with Gasteiger partial charge in [-0.05, 0) is 30.0 Å². The predicted octanol–water partition coefficient (Wildman–Crippen LogP) is 2.31. The molecule has 0 fully saturated rings. The first-order chi connectivity index (χ1) is 6.20. The zero-order valence-electron chi connectivity index (χ0n) is 7.54. The van der Waals surface area contributed by atoms with Crippen LogP contribution in [0, 0.1) is 6.92 Å². The summed E-state index contributed by atoms with van der Waals surface area (Å²) in [6, 6.07) is 9.77. The molecular formula is C11H12N2. The first kappa shape index (κ1) is 7.92. The number of nitrogens with two attached hydrogens (primary N) is 2. The van der Waals surface area contributed by atoms with Gasteiger partial charge in [-0.25, -0.2) is 0 Å². The lowest BCUT2D eigenvalue weighted by atomic mass is 10.0. The third kappa shape index (κ3) is 1.11. The molecule has 0 aromatic heterocycles. The smallest absolute Gasteiger partial charge is 0.0414 e. The van der Waals surface area contributed by atoms with Crippen molar-refractivity contribution in [2.75, 3.05) is 11.5 Å². The Hall–Kier alpha value is -1.70. The first-order valence-electron chi connectivity index (χ1n) is 4.23. The molecule has 0 atom stereocenters. The number of rotatable bonds is 0. The Morgan fingerprint density at radius 1 is 0.923 bits per heavy atom. The van der Waals surface area contributed by atoms with Crippen molar-refractivity contribution in [3.05, 3.63) is 35.9 Å². The molecule has 0 aliphatic rings. The van der Waals surface area contributed by atoms with E-state index in [4.69, 9.17) is 11.5 Å². The molecule has 2 aromatic carbocycles. The number of benzene rings is 2. The average Bonchev–Trinajstić information content (AvgIpc) is 2.12. The topological polar surface area (TPSA) is 52.0 Å². The Kier molecular flexibility index (Phi) is 1.62. The van der Waals surface area contributed by atoms with Gasteiger partial charge in [0.05, 0.1) is 0 Å². The van der Waals surface area contributed by atoms with Crippen molar-refractivity contribution < 1.29 is 0 Å². The molecule has 66 valence electrons. The summed E-state index contributed by atoms with van der Waals surface area (Å²) in [6.45, 7) is 2.06. The molecule has 0 saturated heterocycles. The van der Waals surface area contributed by atoms with Crippen LogP contribution in [0.2, 0.25) is 0 Å². The van der Waals surface area contributed by atoms with Gasteiger partial charge in [-0.2, -0.15) is 0 Å². The Labute approximate surface area is 77.2 Å². The highest BCUT2D eigenvalue weighted by Gasteiger charge is 2.02. The molecule has 0 amide bonds. The second kappa shape index (κ2) is 2.66. The fourth-order valence-corrected chi connectivity index (χ4v) is 1.61. The normalized spacial score (nSPS) is 10.5. The fraction of sp³-hybridized carbons (Fsp3) is 0.0909. The van der Waals surface area contributed by atoms with Crippen LogP contribution in [0.4, 0.5) is 11.4 Å². The molecule has 0 bridgehead atoms. The summed E-state index contributed by atoms with van der Waals surface area (Å²) >= 11 is 0. The summed E-state index contributed by atoms with van der Waals surface area (Å²) in [5, 5.41) is 2.11. The van der Waals surface area contributed by atoms with E-state index in [9.17, 15) is 0 Å². The molecule has 2 heteroatoms. The van der Waals surface area contributed by atoms with Crippen LogP contribution in [-0.2, 0) is 0 Å². The Morgan fingerprint density at radius 2 is 1.62 bits per heavy atom. The standard InChI is InChI=1S/C11H12N2/c1-7-5-6-10(13)11-8(7)3-2-4-9(11)12/h2-6H,12-13H2,1H3. The molecule has 0 unspecified atom stereocenters. The lowest BCUT2D eigenvalue weighted by Crippen LogP contribution is -1.93. The number of hydrogen-bond acceptors (Lipinski definition) is 2. The van der Waals surface area contributed by atoms with Crippen molar-refractivity contribution in [3.63, 3.8) is 0 Å². The van der Waals surface area contributed by atoms with E-state index < -0.39 is 0 Å². The molecule has 2 aromatic rings. The van der Waals surface area contributed by atoms with Crippen molar-refractivity contribution in [1.82, 2.24) is 0 Å². The van der Waals surface area contributed by atoms with E-state index in [1.165, 1.54) is 5.56 Å². The van der Waals surface area contributed by atoms with Gasteiger partial charge in [-0.15, -0.1) is 0 Å². The van der Waals surface area contributed by atoms with Gasteiger partial charge in [-0.1, -0.05) is 18.2 Å². The summed E-state index contributed by atoms with van der Waals surface area (Å²) in [7, 11) is 0. The van der Waals surface area contributed by atoms with E-state index in [0.717, 1.165) is 22.1 Å². The molecule has 13 heavy (non-hydrogen) atoms. The molecule has 0 aliphatic carbocycles. The van der Waals surface area contributed by atoms with Crippen LogP contribution in [-0.4, -0.2) is 0 Å². The summed E-state index contributed by atoms with van der Waals surface area (Å²) in [6.07, 6.45) is 0. The fourth-order valence-electron chi connectivity index (χ4n) is 1.61. The van der Waals surface area contributed by atoms with E-state index in [1.807, 2.05) is 30.3 Å². The van der Waals surface area contributed by atoms with E-state index in [1.54, 1.807) is 0 Å². The molecule has 0 radical (unpaired) electrons. The second-order valence-electron chi connectivity index (χ2n) is 3.24. The zero-order valence-corrected chi connectivity index (χ0v) is 7.54. The van der Waals surface area contributed by atoms with Gasteiger partial charge in [-0.3, -0.25) is 0 Å². The van der Waals surface area contributed by atoms with Gasteiger partial charge < -0.3 is 11.5 Å². The van der Waals surface area contributed by atoms with E-state index >= 15 is 0 Å². The largest absolute Gasteiger partial charge is 0.398 e. The molecule has 2 nitrogen and oxygen atoms in total. The molecule has 4 N–H and O–H groups in total. The summed E-state index contributed by atoms with van der Waals surface area (Å²) in [5.74, 6) is 0. The maximum Gasteiger partial charge on any atom is 0.0414 e. The monoisotopic (exact) mass is 172 g/mol. The van der Waals surface area contributed by atoms with Crippen LogP contribution in [0.15, 0.2) is 30.3 Å². The van der Waals surface area contributed by atoms with Crippen LogP contribution in [0.3, 0.4) is 0 Å². The van der Waals surface area contributed by atoms with Crippen LogP contribution in [0.25, 0.3) is 10.8 Å². The third-order valence-corrected chi connectivity index (χ3v) is 2.32. The van der Waals surface area contributed by atoms with Gasteiger partial charge >= 0.3 is 0 Å². The highest BCUT2D eigenvalue weighted by Crippen LogP contribution is 2.28. The minimum atomic E-state index is 0.749. The van der Waals surface area contributed by atoms with Gasteiger partial charge in [0.1, 0.15) is 0 Å². The number of nitrogen functional groups attached to an aromatic ring is 2. The number of aryl methyl sites for hydroxylation is 1. The SMILES string of the molecule is Cc1ccc(N)c2c(N)cccc12. The first-order valence-corrected chi connectivity index (χ1v) is 4.23. The Balaban J connectivity index is 3.00. The number of fused-ring (bicyclic) bond motifs is 1. The van der Waals surface area contributed by atoms with Crippen molar-refractivity contribution in [1.29, 1.82) is 0 Å². The van der Waals surface area contributed by atoms with Crippen LogP contribution in [0.5, 0.6) is 0 Å². The second-order valence-corrected chi connectivity index (χ2v) is 3.24. The van der Waals surface area contributed by atoms with Crippen LogP contribution in [0.1, 0.15) is 5.56 Å². The summed E-state index contributed by atoms with van der Waals surface area (Å²) in [5.41, 5.74) is 14.4. The van der Waals surface area contributed by atoms with E-state index in [0.29, 0.717) is 0 Å². The minimum Gasteiger partial charge on any atom is -0.398 e. The van der Waals surface area contributed by atoms with Gasteiger partial charge in [0, 0.05) is 16.8 Å². The quantitative estimate of drug-likeness (QED) is 0.599. The molecule has 0 aliphatic heterocycles. The maximum atomic E-state index is 5.85. The minimum absolute atomic E-state index is 0.749. The van der Waals surface area contributed by atoms with Crippen molar-refractivity contribution >= 4 is 22.1 Å². The molecule has 2 rings (SSSR count). The molecule has 0 spiro atoms. The van der Waals surface area contributed by atoms with Crippen LogP contribution < -0.4 is 11.5 Å². The van der Waals surface area contributed by atoms with E-state index in [-0.39, 0.29) is 0 Å². The Bertz CT molecular complexity index is 453. The number of anilines is 2. The van der Waals surface area contributed by atoms with Gasteiger partial charge in [0.2, 0.25) is 0 Å². The summed E-state index contributed by atoms with van der Waals surface area (Å²) < 4.78 is 0. The predicted molar refractivity (Wildman–Crippen MR) is 57.5 cm³/mol. The maximum absolute atomic E-state index is 5.85. The summed E-state index contributed by atoms with van der Waals surface area (Å²) in [4.78, 5) is 0. The lowest BCUT2D eigenvalue weighted by molar-refractivity contribution is 1.53. The van der Waals surface area contributed by atoms with Crippen molar-refractivity contribution in [2.24, 2.45) is 0 Å².